The van der Waals surface area contributed by atoms with Gasteiger partial charge in [0.2, 0.25) is 0 Å². The minimum absolute atomic E-state index is 0.354. The molecule has 1 rings (SSSR count). The smallest absolute Gasteiger partial charge is 0.0471 e. The summed E-state index contributed by atoms with van der Waals surface area (Å²) in [5, 5.41) is 11.9. The Bertz CT molecular complexity index is 59.5. The summed E-state index contributed by atoms with van der Waals surface area (Å²) in [7, 11) is 0. The average molecular weight is 115 g/mol. The molecule has 8 heavy (non-hydrogen) atoms. The van der Waals surface area contributed by atoms with E-state index in [1.807, 2.05) is 0 Å². The maximum absolute atomic E-state index is 8.65. The number of hydrogen-bond acceptors (Lipinski definition) is 2. The van der Waals surface area contributed by atoms with Crippen LogP contribution in [0.15, 0.2) is 0 Å². The van der Waals surface area contributed by atoms with Crippen molar-refractivity contribution >= 4 is 0 Å². The van der Waals surface area contributed by atoms with Gasteiger partial charge in [-0.25, -0.2) is 0 Å². The molecule has 1 aliphatic rings. The zero-order chi connectivity index (χ0) is 5.82. The van der Waals surface area contributed by atoms with Crippen molar-refractivity contribution in [2.24, 2.45) is 5.92 Å². The minimum atomic E-state index is 0.354. The van der Waals surface area contributed by atoms with Gasteiger partial charge in [0.05, 0.1) is 0 Å². The van der Waals surface area contributed by atoms with Gasteiger partial charge in [0, 0.05) is 13.2 Å². The number of piperidine rings is 1. The molecule has 0 spiro atoms. The van der Waals surface area contributed by atoms with Crippen molar-refractivity contribution in [1.82, 2.24) is 5.32 Å². The van der Waals surface area contributed by atoms with Crippen LogP contribution in [-0.4, -0.2) is 24.8 Å². The van der Waals surface area contributed by atoms with Crippen LogP contribution in [0.4, 0.5) is 0 Å². The molecule has 0 bridgehead atoms. The van der Waals surface area contributed by atoms with Gasteiger partial charge in [-0.2, -0.15) is 0 Å². The van der Waals surface area contributed by atoms with Crippen molar-refractivity contribution in [2.45, 2.75) is 12.8 Å². The van der Waals surface area contributed by atoms with Crippen LogP contribution in [-0.2, 0) is 0 Å². The molecular weight excluding hydrogens is 102 g/mol. The molecular formula is C6H13NO. The lowest BCUT2D eigenvalue weighted by Gasteiger charge is -2.19. The van der Waals surface area contributed by atoms with Gasteiger partial charge in [-0.15, -0.1) is 0 Å². The summed E-state index contributed by atoms with van der Waals surface area (Å²) in [6.07, 6.45) is 2.43. The Hall–Kier alpha value is -0.0800. The molecule has 1 aliphatic heterocycles. The molecule has 0 unspecified atom stereocenters. The first-order valence-corrected chi connectivity index (χ1v) is 3.25. The standard InChI is InChI=1S/C6H13NO/c8-5-6-2-1-3-7-4-6/h6-8H,1-5H2/t6-/m1/s1. The summed E-state index contributed by atoms with van der Waals surface area (Å²) >= 11 is 0. The van der Waals surface area contributed by atoms with Crippen LogP contribution in [0.25, 0.3) is 0 Å². The second kappa shape index (κ2) is 3.05. The molecule has 0 aromatic heterocycles. The molecule has 0 aromatic rings. The second-order valence-electron chi connectivity index (χ2n) is 2.39. The maximum Gasteiger partial charge on any atom is 0.0471 e. The molecule has 1 atom stereocenters. The molecule has 0 amide bonds. The van der Waals surface area contributed by atoms with Crippen LogP contribution < -0.4 is 5.32 Å². The number of rotatable bonds is 1. The summed E-state index contributed by atoms with van der Waals surface area (Å²) in [6.45, 7) is 2.50. The lowest BCUT2D eigenvalue weighted by molar-refractivity contribution is 0.199. The largest absolute Gasteiger partial charge is 0.396 e. The Morgan fingerprint density at radius 1 is 1.62 bits per heavy atom. The molecule has 0 saturated carbocycles. The Balaban J connectivity index is 2.13. The van der Waals surface area contributed by atoms with Crippen LogP contribution in [0.3, 0.4) is 0 Å². The SMILES string of the molecule is OC[C@@H]1CCCNC1. The fourth-order valence-corrected chi connectivity index (χ4v) is 1.08. The van der Waals surface area contributed by atoms with E-state index in [2.05, 4.69) is 5.32 Å². The van der Waals surface area contributed by atoms with Gasteiger partial charge >= 0.3 is 0 Å². The van der Waals surface area contributed by atoms with Crippen molar-refractivity contribution in [3.63, 3.8) is 0 Å². The molecule has 2 N–H and O–H groups in total. The van der Waals surface area contributed by atoms with Gasteiger partial charge in [-0.05, 0) is 25.3 Å². The summed E-state index contributed by atoms with van der Waals surface area (Å²) < 4.78 is 0. The van der Waals surface area contributed by atoms with Gasteiger partial charge in [-0.1, -0.05) is 0 Å². The fraction of sp³-hybridized carbons (Fsp3) is 1.00. The summed E-state index contributed by atoms with van der Waals surface area (Å²) in [4.78, 5) is 0. The summed E-state index contributed by atoms with van der Waals surface area (Å²) in [5.41, 5.74) is 0. The average Bonchev–Trinajstić information content (AvgIpc) is 1.90. The molecule has 2 nitrogen and oxygen atoms in total. The molecule has 48 valence electrons. The Morgan fingerprint density at radius 2 is 2.50 bits per heavy atom. The van der Waals surface area contributed by atoms with Crippen molar-refractivity contribution in [3.8, 4) is 0 Å². The molecule has 1 fully saturated rings. The van der Waals surface area contributed by atoms with Crippen LogP contribution in [0.5, 0.6) is 0 Å². The van der Waals surface area contributed by atoms with Gasteiger partial charge in [0.25, 0.3) is 0 Å². The normalized spacial score (nSPS) is 30.4. The number of nitrogens with one attached hydrogen (secondary N) is 1. The van der Waals surface area contributed by atoms with Crippen molar-refractivity contribution in [3.05, 3.63) is 0 Å². The lowest BCUT2D eigenvalue weighted by Crippen LogP contribution is -2.31. The fourth-order valence-electron chi connectivity index (χ4n) is 1.08. The second-order valence-corrected chi connectivity index (χ2v) is 2.39. The molecule has 2 heteroatoms. The first kappa shape index (κ1) is 6.05. The number of aliphatic hydroxyl groups excluding tert-OH is 1. The van der Waals surface area contributed by atoms with E-state index in [0.717, 1.165) is 13.1 Å². The van der Waals surface area contributed by atoms with E-state index >= 15 is 0 Å². The molecule has 0 aliphatic carbocycles. The molecule has 0 aromatic carbocycles. The van der Waals surface area contributed by atoms with E-state index in [4.69, 9.17) is 5.11 Å². The Labute approximate surface area is 49.9 Å². The van der Waals surface area contributed by atoms with E-state index in [0.29, 0.717) is 12.5 Å². The van der Waals surface area contributed by atoms with Gasteiger partial charge in [0.15, 0.2) is 0 Å². The highest BCUT2D eigenvalue weighted by atomic mass is 16.3. The summed E-state index contributed by atoms with van der Waals surface area (Å²) in [5.74, 6) is 0.531. The van der Waals surface area contributed by atoms with Crippen LogP contribution in [0.2, 0.25) is 0 Å². The van der Waals surface area contributed by atoms with E-state index in [-0.39, 0.29) is 0 Å². The lowest BCUT2D eigenvalue weighted by atomic mass is 10.0. The zero-order valence-corrected chi connectivity index (χ0v) is 5.06. The predicted molar refractivity (Wildman–Crippen MR) is 32.7 cm³/mol. The third-order valence-electron chi connectivity index (χ3n) is 1.66. The predicted octanol–water partition coefficient (Wildman–Crippen LogP) is -0.0217. The van der Waals surface area contributed by atoms with Gasteiger partial charge < -0.3 is 10.4 Å². The topological polar surface area (TPSA) is 32.3 Å². The first-order chi connectivity index (χ1) is 3.93. The third-order valence-corrected chi connectivity index (χ3v) is 1.66. The molecule has 1 heterocycles. The van der Waals surface area contributed by atoms with Crippen molar-refractivity contribution in [2.75, 3.05) is 19.7 Å². The van der Waals surface area contributed by atoms with E-state index in [9.17, 15) is 0 Å². The first-order valence-electron chi connectivity index (χ1n) is 3.25. The van der Waals surface area contributed by atoms with Crippen LogP contribution in [0.1, 0.15) is 12.8 Å². The highest BCUT2D eigenvalue weighted by Gasteiger charge is 2.09. The molecule has 1 saturated heterocycles. The van der Waals surface area contributed by atoms with Crippen LogP contribution in [0, 0.1) is 5.92 Å². The molecule has 0 radical (unpaired) electrons. The van der Waals surface area contributed by atoms with Gasteiger partial charge in [0.1, 0.15) is 0 Å². The Morgan fingerprint density at radius 3 is 2.88 bits per heavy atom. The third kappa shape index (κ3) is 1.46. The monoisotopic (exact) mass is 115 g/mol. The highest BCUT2D eigenvalue weighted by Crippen LogP contribution is 2.07. The van der Waals surface area contributed by atoms with E-state index in [1.165, 1.54) is 12.8 Å². The number of hydrogen-bond donors (Lipinski definition) is 2. The van der Waals surface area contributed by atoms with Crippen LogP contribution >= 0.6 is 0 Å². The van der Waals surface area contributed by atoms with Gasteiger partial charge in [-0.3, -0.25) is 0 Å². The van der Waals surface area contributed by atoms with Crippen molar-refractivity contribution < 1.29 is 5.11 Å². The highest BCUT2D eigenvalue weighted by molar-refractivity contribution is 4.66. The van der Waals surface area contributed by atoms with Crippen molar-refractivity contribution in [1.29, 1.82) is 0 Å². The minimum Gasteiger partial charge on any atom is -0.396 e. The zero-order valence-electron chi connectivity index (χ0n) is 5.06. The number of aliphatic hydroxyl groups is 1. The van der Waals surface area contributed by atoms with E-state index in [1.54, 1.807) is 0 Å². The van der Waals surface area contributed by atoms with E-state index < -0.39 is 0 Å². The quantitative estimate of drug-likeness (QED) is 0.503. The summed E-state index contributed by atoms with van der Waals surface area (Å²) in [6, 6.07) is 0. The maximum atomic E-state index is 8.65. The Kier molecular flexibility index (Phi) is 2.30.